The zero-order valence-electron chi connectivity index (χ0n) is 30.2. The van der Waals surface area contributed by atoms with Gasteiger partial charge in [-0.05, 0) is 62.4 Å². The molecule has 2 unspecified atom stereocenters. The SMILES string of the molecule is Cn1nc(CS(C)(=O)=O)c2cccc(-c3ccc(C#CC(C)(C)O)nc3[C@@H](CC(=O)Cn3nc(C(F)(F)F)c4c3C3CC3CO4)Cc3cc(F)cc(F)c3)c21. The topological polar surface area (TPSA) is 129 Å². The van der Waals surface area contributed by atoms with Crippen LogP contribution in [0.3, 0.4) is 0 Å². The summed E-state index contributed by atoms with van der Waals surface area (Å²) in [4.78, 5) is 18.9. The Bertz CT molecular complexity index is 2510. The first-order chi connectivity index (χ1) is 25.7. The molecule has 2 aromatic carbocycles. The summed E-state index contributed by atoms with van der Waals surface area (Å²) in [7, 11) is -1.82. The standard InChI is InChI=1S/C39H36F5N5O5S/c1-38(2,51)11-10-26-8-9-28(29-6-5-7-30-32(20-55(4,52)53)46-48(3)34(29)30)33(45-26)22(12-21-13-24(40)17-25(41)14-21)15-27(50)18-49-35-31-16-23(31)19-54-36(35)37(47-49)39(42,43)44/h5-9,13-14,17,22-23,31,51H,12,15-16,18-20H2,1-4H3/t22-,23?,31?/m1/s1. The Hall–Kier alpha value is -5.14. The van der Waals surface area contributed by atoms with Gasteiger partial charge in [0.2, 0.25) is 5.69 Å². The molecule has 1 fully saturated rings. The van der Waals surface area contributed by atoms with Crippen LogP contribution in [0, 0.1) is 29.4 Å². The normalized spacial score (nSPS) is 17.2. The summed E-state index contributed by atoms with van der Waals surface area (Å²) in [6.07, 6.45) is -3.58. The molecule has 1 saturated carbocycles. The number of aromatic nitrogens is 5. The van der Waals surface area contributed by atoms with Crippen molar-refractivity contribution in [3.63, 3.8) is 0 Å². The van der Waals surface area contributed by atoms with E-state index in [1.54, 1.807) is 37.4 Å². The molecule has 4 heterocycles. The molecule has 7 rings (SSSR count). The highest BCUT2D eigenvalue weighted by Crippen LogP contribution is 2.56. The molecule has 16 heteroatoms. The van der Waals surface area contributed by atoms with Gasteiger partial charge < -0.3 is 9.84 Å². The van der Waals surface area contributed by atoms with Crippen molar-refractivity contribution in [2.24, 2.45) is 13.0 Å². The maximum absolute atomic E-state index is 14.6. The van der Waals surface area contributed by atoms with E-state index < -0.39 is 57.2 Å². The number of carbonyl (C=O) groups excluding carboxylic acids is 1. The van der Waals surface area contributed by atoms with Crippen LogP contribution in [0.1, 0.15) is 72.6 Å². The molecule has 0 spiro atoms. The fourth-order valence-electron chi connectivity index (χ4n) is 7.29. The van der Waals surface area contributed by atoms with E-state index in [4.69, 9.17) is 9.72 Å². The molecular weight excluding hydrogens is 746 g/mol. The highest BCUT2D eigenvalue weighted by Gasteiger charge is 2.51. The van der Waals surface area contributed by atoms with E-state index >= 15 is 0 Å². The van der Waals surface area contributed by atoms with Crippen molar-refractivity contribution in [3.8, 4) is 28.7 Å². The number of aryl methyl sites for hydroxylation is 1. The van der Waals surface area contributed by atoms with Gasteiger partial charge in [0, 0.05) is 60.1 Å². The average Bonchev–Trinajstić information content (AvgIpc) is 3.67. The van der Waals surface area contributed by atoms with Crippen LogP contribution in [0.4, 0.5) is 22.0 Å². The third-order valence-corrected chi connectivity index (χ3v) is 10.4. The van der Waals surface area contributed by atoms with Crippen LogP contribution in [0.5, 0.6) is 5.75 Å². The second-order valence-electron chi connectivity index (χ2n) is 14.8. The van der Waals surface area contributed by atoms with Gasteiger partial charge in [-0.2, -0.15) is 23.4 Å². The molecule has 0 bridgehead atoms. The quantitative estimate of drug-likeness (QED) is 0.130. The van der Waals surface area contributed by atoms with E-state index in [0.29, 0.717) is 40.2 Å². The van der Waals surface area contributed by atoms with Crippen LogP contribution in [0.2, 0.25) is 0 Å². The molecule has 3 aromatic heterocycles. The van der Waals surface area contributed by atoms with Crippen molar-refractivity contribution >= 4 is 26.5 Å². The van der Waals surface area contributed by atoms with Gasteiger partial charge in [0.15, 0.2) is 21.4 Å². The lowest BCUT2D eigenvalue weighted by Gasteiger charge is -2.21. The Labute approximate surface area is 313 Å². The molecule has 55 heavy (non-hydrogen) atoms. The first kappa shape index (κ1) is 38.1. The lowest BCUT2D eigenvalue weighted by Crippen LogP contribution is -2.20. The number of fused-ring (bicyclic) bond motifs is 4. The number of pyridine rings is 1. The fourth-order valence-corrected chi connectivity index (χ4v) is 8.00. The van der Waals surface area contributed by atoms with Gasteiger partial charge in [-0.25, -0.2) is 22.2 Å². The number of para-hydroxylation sites is 1. The predicted molar refractivity (Wildman–Crippen MR) is 192 cm³/mol. The van der Waals surface area contributed by atoms with Gasteiger partial charge in [-0.1, -0.05) is 24.1 Å². The lowest BCUT2D eigenvalue weighted by atomic mass is 9.86. The van der Waals surface area contributed by atoms with Gasteiger partial charge in [-0.15, -0.1) is 0 Å². The number of rotatable bonds is 10. The van der Waals surface area contributed by atoms with Crippen LogP contribution < -0.4 is 4.74 Å². The predicted octanol–water partition coefficient (Wildman–Crippen LogP) is 6.28. The smallest absolute Gasteiger partial charge is 0.438 e. The summed E-state index contributed by atoms with van der Waals surface area (Å²) in [5.74, 6) is 1.50. The monoisotopic (exact) mass is 781 g/mol. The molecule has 5 aromatic rings. The van der Waals surface area contributed by atoms with E-state index in [0.717, 1.165) is 23.1 Å². The second-order valence-corrected chi connectivity index (χ2v) is 17.0. The molecule has 0 radical (unpaired) electrons. The Morgan fingerprint density at radius 3 is 2.47 bits per heavy atom. The maximum Gasteiger partial charge on any atom is 0.438 e. The van der Waals surface area contributed by atoms with Crippen molar-refractivity contribution in [1.29, 1.82) is 0 Å². The van der Waals surface area contributed by atoms with Gasteiger partial charge in [0.1, 0.15) is 22.9 Å². The number of nitrogens with zero attached hydrogens (tertiary/aromatic N) is 5. The van der Waals surface area contributed by atoms with Crippen LogP contribution in [-0.2, 0) is 46.6 Å². The number of aliphatic hydroxyl groups is 1. The average molecular weight is 782 g/mol. The molecule has 0 saturated heterocycles. The van der Waals surface area contributed by atoms with Crippen molar-refractivity contribution in [3.05, 3.63) is 94.2 Å². The van der Waals surface area contributed by atoms with Gasteiger partial charge >= 0.3 is 6.18 Å². The number of alkyl halides is 3. The van der Waals surface area contributed by atoms with Gasteiger partial charge in [-0.3, -0.25) is 14.2 Å². The van der Waals surface area contributed by atoms with Crippen molar-refractivity contribution in [2.75, 3.05) is 12.9 Å². The minimum absolute atomic E-state index is 0.0296. The molecular formula is C39H36F5N5O5S. The van der Waals surface area contributed by atoms with E-state index in [2.05, 4.69) is 22.0 Å². The van der Waals surface area contributed by atoms with Crippen LogP contribution >= 0.6 is 0 Å². The Morgan fingerprint density at radius 1 is 1.07 bits per heavy atom. The van der Waals surface area contributed by atoms with Crippen LogP contribution in [-0.4, -0.2) is 62.3 Å². The lowest BCUT2D eigenvalue weighted by molar-refractivity contribution is -0.143. The summed E-state index contributed by atoms with van der Waals surface area (Å²) in [5, 5.41) is 19.2. The van der Waals surface area contributed by atoms with Crippen molar-refractivity contribution in [2.45, 2.75) is 69.0 Å². The number of hydrogen-bond acceptors (Lipinski definition) is 8. The van der Waals surface area contributed by atoms with Crippen molar-refractivity contribution < 1.29 is 45.0 Å². The molecule has 0 amide bonds. The van der Waals surface area contributed by atoms with E-state index in [-0.39, 0.29) is 65.4 Å². The number of carbonyl (C=O) groups is 1. The van der Waals surface area contributed by atoms with Crippen molar-refractivity contribution in [1.82, 2.24) is 24.5 Å². The maximum atomic E-state index is 14.6. The minimum Gasteiger partial charge on any atom is -0.489 e. The van der Waals surface area contributed by atoms with Crippen LogP contribution in [0.15, 0.2) is 48.5 Å². The number of Topliss-reactive ketones (excluding diaryl/α,β-unsaturated/α-hetero) is 1. The summed E-state index contributed by atoms with van der Waals surface area (Å²) < 4.78 is 104. The molecule has 1 aliphatic heterocycles. The number of hydrogen-bond donors (Lipinski definition) is 1. The van der Waals surface area contributed by atoms with E-state index in [9.17, 15) is 40.3 Å². The molecule has 3 atom stereocenters. The first-order valence-corrected chi connectivity index (χ1v) is 19.5. The second kappa shape index (κ2) is 13.9. The third kappa shape index (κ3) is 8.28. The highest BCUT2D eigenvalue weighted by molar-refractivity contribution is 7.89. The van der Waals surface area contributed by atoms with E-state index in [1.807, 2.05) is 0 Å². The number of ketones is 1. The zero-order chi connectivity index (χ0) is 39.6. The molecule has 288 valence electrons. The Morgan fingerprint density at radius 2 is 1.80 bits per heavy atom. The van der Waals surface area contributed by atoms with Gasteiger partial charge in [0.25, 0.3) is 0 Å². The summed E-state index contributed by atoms with van der Waals surface area (Å²) >= 11 is 0. The summed E-state index contributed by atoms with van der Waals surface area (Å²) in [6.45, 7) is 2.57. The Balaban J connectivity index is 1.37. The Kier molecular flexibility index (Phi) is 9.61. The van der Waals surface area contributed by atoms with Crippen LogP contribution in [0.25, 0.3) is 22.0 Å². The number of benzene rings is 2. The molecule has 2 aliphatic rings. The van der Waals surface area contributed by atoms with E-state index in [1.165, 1.54) is 18.5 Å². The fraction of sp³-hybridized carbons (Fsp3) is 0.385. The number of sulfone groups is 1. The number of halogens is 5. The largest absolute Gasteiger partial charge is 0.489 e. The molecule has 1 N–H and O–H groups in total. The highest BCUT2D eigenvalue weighted by atomic mass is 32.2. The number of ether oxygens (including phenoxy) is 1. The minimum atomic E-state index is -4.82. The third-order valence-electron chi connectivity index (χ3n) is 9.57. The van der Waals surface area contributed by atoms with Gasteiger partial charge in [0.05, 0.1) is 41.5 Å². The first-order valence-electron chi connectivity index (χ1n) is 17.4. The summed E-state index contributed by atoms with van der Waals surface area (Å²) in [6, 6.07) is 11.5. The summed E-state index contributed by atoms with van der Waals surface area (Å²) in [5.41, 5.74) is 0.153. The zero-order valence-corrected chi connectivity index (χ0v) is 31.0. The molecule has 10 nitrogen and oxygen atoms in total. The molecule has 1 aliphatic carbocycles.